The Balaban J connectivity index is 1.87. The largest absolute Gasteiger partial charge is 0.352 e. The standard InChI is InChI=1S/C35H36Cl3N3O4S/c1-4-24(2)39-35(43)33(21-26-13-7-5-8-14-26)40(22-28-30(37)18-11-19-31(28)38)34(42)23-41(32-20-12-17-29(36)25(32)3)46(44,45)27-15-9-6-10-16-27/h5-20,24,33H,4,21-23H2,1-3H3,(H,39,43)/t24-,33-/m1/s1. The Bertz CT molecular complexity index is 1750. The van der Waals surface area contributed by atoms with E-state index < -0.39 is 28.5 Å². The molecule has 0 bridgehead atoms. The molecule has 0 heterocycles. The van der Waals surface area contributed by atoms with Crippen molar-refractivity contribution in [2.75, 3.05) is 10.8 Å². The summed E-state index contributed by atoms with van der Waals surface area (Å²) in [6, 6.07) is 25.8. The zero-order chi connectivity index (χ0) is 33.4. The number of nitrogens with one attached hydrogen (secondary N) is 1. The number of carbonyl (C=O) groups is 2. The molecule has 242 valence electrons. The molecule has 1 N–H and O–H groups in total. The molecule has 2 atom stereocenters. The Hall–Kier alpha value is -3.56. The summed E-state index contributed by atoms with van der Waals surface area (Å²) < 4.78 is 29.4. The fourth-order valence-electron chi connectivity index (χ4n) is 4.95. The molecule has 0 unspecified atom stereocenters. The van der Waals surface area contributed by atoms with E-state index in [1.54, 1.807) is 61.5 Å². The minimum Gasteiger partial charge on any atom is -0.352 e. The second-order valence-electron chi connectivity index (χ2n) is 11.0. The van der Waals surface area contributed by atoms with Gasteiger partial charge in [-0.05, 0) is 67.8 Å². The van der Waals surface area contributed by atoms with Gasteiger partial charge in [0.15, 0.2) is 0 Å². The van der Waals surface area contributed by atoms with E-state index in [9.17, 15) is 18.0 Å². The van der Waals surface area contributed by atoms with Crippen LogP contribution in [0.1, 0.15) is 37.0 Å². The number of hydrogen-bond acceptors (Lipinski definition) is 4. The molecule has 4 rings (SSSR count). The SMILES string of the molecule is CC[C@@H](C)NC(=O)[C@@H](Cc1ccccc1)N(Cc1c(Cl)cccc1Cl)C(=O)CN(c1cccc(Cl)c1C)S(=O)(=O)c1ccccc1. The maximum atomic E-state index is 14.6. The maximum Gasteiger partial charge on any atom is 0.264 e. The van der Waals surface area contributed by atoms with Gasteiger partial charge in [-0.15, -0.1) is 0 Å². The lowest BCUT2D eigenvalue weighted by atomic mass is 10.0. The summed E-state index contributed by atoms with van der Waals surface area (Å²) in [5.74, 6) is -1.01. The Morgan fingerprint density at radius 1 is 0.804 bits per heavy atom. The molecule has 46 heavy (non-hydrogen) atoms. The number of amides is 2. The van der Waals surface area contributed by atoms with E-state index >= 15 is 0 Å². The van der Waals surface area contributed by atoms with Crippen molar-refractivity contribution in [3.05, 3.63) is 129 Å². The molecule has 0 aromatic heterocycles. The van der Waals surface area contributed by atoms with Crippen LogP contribution in [0.2, 0.25) is 15.1 Å². The third kappa shape index (κ3) is 8.42. The molecule has 7 nitrogen and oxygen atoms in total. The summed E-state index contributed by atoms with van der Waals surface area (Å²) >= 11 is 19.6. The highest BCUT2D eigenvalue weighted by atomic mass is 35.5. The van der Waals surface area contributed by atoms with Crippen LogP contribution in [0.15, 0.2) is 102 Å². The van der Waals surface area contributed by atoms with E-state index in [4.69, 9.17) is 34.8 Å². The molecule has 0 aliphatic carbocycles. The van der Waals surface area contributed by atoms with Crippen molar-refractivity contribution in [1.82, 2.24) is 10.2 Å². The summed E-state index contributed by atoms with van der Waals surface area (Å²) in [5, 5.41) is 3.97. The highest BCUT2D eigenvalue weighted by Crippen LogP contribution is 2.32. The van der Waals surface area contributed by atoms with Crippen molar-refractivity contribution in [2.24, 2.45) is 0 Å². The summed E-state index contributed by atoms with van der Waals surface area (Å²) in [6.07, 6.45) is 0.837. The number of rotatable bonds is 13. The van der Waals surface area contributed by atoms with Gasteiger partial charge in [-0.1, -0.05) is 102 Å². The number of carbonyl (C=O) groups excluding carboxylic acids is 2. The molecular formula is C35H36Cl3N3O4S. The van der Waals surface area contributed by atoms with Gasteiger partial charge in [0.1, 0.15) is 12.6 Å². The highest BCUT2D eigenvalue weighted by Gasteiger charge is 2.36. The van der Waals surface area contributed by atoms with E-state index in [0.717, 1.165) is 9.87 Å². The van der Waals surface area contributed by atoms with E-state index in [1.165, 1.54) is 17.0 Å². The highest BCUT2D eigenvalue weighted by molar-refractivity contribution is 7.92. The molecule has 4 aromatic carbocycles. The van der Waals surface area contributed by atoms with Crippen LogP contribution in [0.4, 0.5) is 5.69 Å². The van der Waals surface area contributed by atoms with Gasteiger partial charge in [0.25, 0.3) is 10.0 Å². The van der Waals surface area contributed by atoms with Gasteiger partial charge in [-0.2, -0.15) is 0 Å². The van der Waals surface area contributed by atoms with Crippen molar-refractivity contribution in [3.8, 4) is 0 Å². The number of halogens is 3. The van der Waals surface area contributed by atoms with Crippen LogP contribution in [0.5, 0.6) is 0 Å². The molecule has 0 saturated carbocycles. The lowest BCUT2D eigenvalue weighted by Crippen LogP contribution is -2.54. The van der Waals surface area contributed by atoms with Gasteiger partial charge in [0, 0.05) is 39.6 Å². The first-order valence-corrected chi connectivity index (χ1v) is 17.4. The predicted octanol–water partition coefficient (Wildman–Crippen LogP) is 7.71. The van der Waals surface area contributed by atoms with Crippen molar-refractivity contribution in [1.29, 1.82) is 0 Å². The van der Waals surface area contributed by atoms with Crippen LogP contribution in [-0.2, 0) is 32.6 Å². The van der Waals surface area contributed by atoms with Crippen molar-refractivity contribution in [2.45, 2.75) is 57.1 Å². The molecule has 0 aliphatic rings. The van der Waals surface area contributed by atoms with Crippen LogP contribution in [0.3, 0.4) is 0 Å². The molecule has 0 radical (unpaired) electrons. The molecule has 0 saturated heterocycles. The van der Waals surface area contributed by atoms with Crippen LogP contribution < -0.4 is 9.62 Å². The monoisotopic (exact) mass is 699 g/mol. The Labute approximate surface area is 286 Å². The third-order valence-electron chi connectivity index (χ3n) is 7.78. The zero-order valence-electron chi connectivity index (χ0n) is 25.8. The molecule has 2 amide bonds. The van der Waals surface area contributed by atoms with Gasteiger partial charge >= 0.3 is 0 Å². The molecule has 4 aromatic rings. The van der Waals surface area contributed by atoms with Crippen LogP contribution >= 0.6 is 34.8 Å². The van der Waals surface area contributed by atoms with Crippen LogP contribution in [0.25, 0.3) is 0 Å². The van der Waals surface area contributed by atoms with E-state index in [-0.39, 0.29) is 35.5 Å². The van der Waals surface area contributed by atoms with Gasteiger partial charge in [0.2, 0.25) is 11.8 Å². The molecular weight excluding hydrogens is 665 g/mol. The van der Waals surface area contributed by atoms with Gasteiger partial charge in [-0.25, -0.2) is 8.42 Å². The lowest BCUT2D eigenvalue weighted by Gasteiger charge is -2.35. The summed E-state index contributed by atoms with van der Waals surface area (Å²) in [4.78, 5) is 30.0. The lowest BCUT2D eigenvalue weighted by molar-refractivity contribution is -0.140. The second-order valence-corrected chi connectivity index (χ2v) is 14.0. The molecule has 11 heteroatoms. The number of sulfonamides is 1. The van der Waals surface area contributed by atoms with Gasteiger partial charge < -0.3 is 10.2 Å². The van der Waals surface area contributed by atoms with Crippen molar-refractivity contribution < 1.29 is 18.0 Å². The second kappa shape index (κ2) is 15.8. The minimum atomic E-state index is -4.26. The fourth-order valence-corrected chi connectivity index (χ4v) is 7.13. The van der Waals surface area contributed by atoms with Gasteiger partial charge in [0.05, 0.1) is 10.6 Å². The third-order valence-corrected chi connectivity index (χ3v) is 10.7. The number of nitrogens with zero attached hydrogens (tertiary/aromatic N) is 2. The average molecular weight is 701 g/mol. The molecule has 0 fully saturated rings. The normalized spacial score (nSPS) is 12.7. The van der Waals surface area contributed by atoms with Gasteiger partial charge in [-0.3, -0.25) is 13.9 Å². The first kappa shape index (κ1) is 35.3. The number of hydrogen-bond donors (Lipinski definition) is 1. The summed E-state index contributed by atoms with van der Waals surface area (Å²) in [6.45, 7) is 4.75. The van der Waals surface area contributed by atoms with Crippen molar-refractivity contribution in [3.63, 3.8) is 0 Å². The Morgan fingerprint density at radius 3 is 1.98 bits per heavy atom. The topological polar surface area (TPSA) is 86.8 Å². The van der Waals surface area contributed by atoms with Crippen LogP contribution in [0, 0.1) is 6.92 Å². The number of benzene rings is 4. The first-order valence-electron chi connectivity index (χ1n) is 14.8. The Kier molecular flexibility index (Phi) is 12.1. The minimum absolute atomic E-state index is 0.00165. The van der Waals surface area contributed by atoms with Crippen LogP contribution in [-0.4, -0.2) is 43.8 Å². The number of anilines is 1. The zero-order valence-corrected chi connectivity index (χ0v) is 28.9. The molecule has 0 aliphatic heterocycles. The fraction of sp³-hybridized carbons (Fsp3) is 0.257. The van der Waals surface area contributed by atoms with E-state index in [0.29, 0.717) is 32.6 Å². The van der Waals surface area contributed by atoms with Crippen molar-refractivity contribution >= 4 is 62.3 Å². The average Bonchev–Trinajstić information content (AvgIpc) is 3.04. The van der Waals surface area contributed by atoms with E-state index in [1.807, 2.05) is 44.2 Å². The Morgan fingerprint density at radius 2 is 1.37 bits per heavy atom. The quantitative estimate of drug-likeness (QED) is 0.155. The van der Waals surface area contributed by atoms with E-state index in [2.05, 4.69) is 5.32 Å². The smallest absolute Gasteiger partial charge is 0.264 e. The first-order chi connectivity index (χ1) is 21.9. The summed E-state index contributed by atoms with van der Waals surface area (Å²) in [7, 11) is -4.26. The molecule has 0 spiro atoms. The maximum absolute atomic E-state index is 14.6. The summed E-state index contributed by atoms with van der Waals surface area (Å²) in [5.41, 5.74) is 1.97. The predicted molar refractivity (Wildman–Crippen MR) is 186 cm³/mol.